The van der Waals surface area contributed by atoms with E-state index in [0.717, 1.165) is 22.1 Å². The fourth-order valence-electron chi connectivity index (χ4n) is 2.78. The van der Waals surface area contributed by atoms with Crippen LogP contribution in [0.25, 0.3) is 10.8 Å². The number of benzene rings is 2. The zero-order valence-electron chi connectivity index (χ0n) is 16.1. The molecule has 0 saturated carbocycles. The van der Waals surface area contributed by atoms with Crippen LogP contribution < -0.4 is 16.0 Å². The first-order chi connectivity index (χ1) is 13.5. The first kappa shape index (κ1) is 19.2. The van der Waals surface area contributed by atoms with Crippen molar-refractivity contribution < 1.29 is 9.59 Å². The number of rotatable bonds is 5. The molecule has 0 spiro atoms. The molecule has 3 amide bonds. The normalized spacial score (nSPS) is 10.4. The number of carbonyl (C=O) groups is 2. The highest BCUT2D eigenvalue weighted by molar-refractivity contribution is 5.98. The number of hydrogen-bond donors (Lipinski definition) is 3. The average molecular weight is 377 g/mol. The molecule has 1 aromatic heterocycles. The maximum atomic E-state index is 12.0. The van der Waals surface area contributed by atoms with E-state index < -0.39 is 0 Å². The van der Waals surface area contributed by atoms with Crippen LogP contribution in [0.2, 0.25) is 0 Å². The number of pyridine rings is 1. The molecule has 0 radical (unpaired) electrons. The molecule has 3 N–H and O–H groups in total. The molecule has 7 heteroatoms. The first-order valence-electron chi connectivity index (χ1n) is 9.00. The quantitative estimate of drug-likeness (QED) is 0.631. The van der Waals surface area contributed by atoms with Crippen molar-refractivity contribution in [3.05, 3.63) is 60.3 Å². The van der Waals surface area contributed by atoms with Gasteiger partial charge in [-0.3, -0.25) is 10.1 Å². The van der Waals surface area contributed by atoms with Gasteiger partial charge in [-0.2, -0.15) is 0 Å². The summed E-state index contributed by atoms with van der Waals surface area (Å²) in [5, 5.41) is 10.6. The Morgan fingerprint density at radius 2 is 1.82 bits per heavy atom. The molecule has 28 heavy (non-hydrogen) atoms. The monoisotopic (exact) mass is 377 g/mol. The molecule has 0 unspecified atom stereocenters. The van der Waals surface area contributed by atoms with Crippen molar-refractivity contribution in [3.63, 3.8) is 0 Å². The molecule has 0 fully saturated rings. The van der Waals surface area contributed by atoms with E-state index in [1.165, 1.54) is 0 Å². The molecule has 0 aliphatic heterocycles. The zero-order chi connectivity index (χ0) is 20.1. The van der Waals surface area contributed by atoms with Gasteiger partial charge in [-0.25, -0.2) is 9.78 Å². The third kappa shape index (κ3) is 4.37. The van der Waals surface area contributed by atoms with Crippen LogP contribution in [0, 0.1) is 0 Å². The number of anilines is 3. The number of nitrogens with one attached hydrogen (secondary N) is 3. The zero-order valence-corrected chi connectivity index (χ0v) is 16.1. The Balaban J connectivity index is 1.81. The predicted octanol–water partition coefficient (Wildman–Crippen LogP) is 3.82. The van der Waals surface area contributed by atoms with E-state index in [1.54, 1.807) is 37.3 Å². The standard InChI is InChI=1S/C21H23N5O2/c1-4-22-21(28)25-19-12-15-6-5-7-18(17(15)13-23-19)24-16-10-8-14(9-11-16)20(27)26(2)3/h5-13,24H,4H2,1-3H3,(H2,22,23,25,28). The summed E-state index contributed by atoms with van der Waals surface area (Å²) in [5.41, 5.74) is 2.39. The van der Waals surface area contributed by atoms with Gasteiger partial charge in [0, 0.05) is 49.2 Å². The van der Waals surface area contributed by atoms with Gasteiger partial charge in [-0.1, -0.05) is 12.1 Å². The second-order valence-electron chi connectivity index (χ2n) is 6.48. The molecule has 0 aliphatic rings. The highest BCUT2D eigenvalue weighted by Gasteiger charge is 2.09. The van der Waals surface area contributed by atoms with E-state index in [4.69, 9.17) is 0 Å². The van der Waals surface area contributed by atoms with Gasteiger partial charge in [0.15, 0.2) is 0 Å². The van der Waals surface area contributed by atoms with Gasteiger partial charge in [0.2, 0.25) is 0 Å². The van der Waals surface area contributed by atoms with Crippen LogP contribution in [0.4, 0.5) is 22.0 Å². The Hall–Kier alpha value is -3.61. The Kier molecular flexibility index (Phi) is 5.74. The largest absolute Gasteiger partial charge is 0.355 e. The lowest BCUT2D eigenvalue weighted by Crippen LogP contribution is -2.28. The van der Waals surface area contributed by atoms with Crippen molar-refractivity contribution in [1.82, 2.24) is 15.2 Å². The van der Waals surface area contributed by atoms with Crippen LogP contribution in [0.1, 0.15) is 17.3 Å². The number of fused-ring (bicyclic) bond motifs is 1. The molecule has 0 aliphatic carbocycles. The number of aromatic nitrogens is 1. The summed E-state index contributed by atoms with van der Waals surface area (Å²) < 4.78 is 0. The molecule has 0 bridgehead atoms. The van der Waals surface area contributed by atoms with Gasteiger partial charge in [0.1, 0.15) is 5.82 Å². The van der Waals surface area contributed by atoms with Crippen molar-refractivity contribution in [2.45, 2.75) is 6.92 Å². The summed E-state index contributed by atoms with van der Waals surface area (Å²) in [6.45, 7) is 2.40. The minimum Gasteiger partial charge on any atom is -0.355 e. The van der Waals surface area contributed by atoms with E-state index in [9.17, 15) is 9.59 Å². The summed E-state index contributed by atoms with van der Waals surface area (Å²) >= 11 is 0. The second kappa shape index (κ2) is 8.39. The Morgan fingerprint density at radius 3 is 2.50 bits per heavy atom. The van der Waals surface area contributed by atoms with Crippen LogP contribution in [-0.2, 0) is 0 Å². The molecule has 144 valence electrons. The summed E-state index contributed by atoms with van der Waals surface area (Å²) in [7, 11) is 3.46. The average Bonchev–Trinajstić information content (AvgIpc) is 2.68. The molecular weight excluding hydrogens is 354 g/mol. The number of urea groups is 1. The van der Waals surface area contributed by atoms with Crippen molar-refractivity contribution in [3.8, 4) is 0 Å². The van der Waals surface area contributed by atoms with Gasteiger partial charge in [-0.05, 0) is 48.7 Å². The Labute approximate surface area is 163 Å². The van der Waals surface area contributed by atoms with Gasteiger partial charge >= 0.3 is 6.03 Å². The molecule has 0 saturated heterocycles. The number of carbonyl (C=O) groups excluding carboxylic acids is 2. The van der Waals surface area contributed by atoms with E-state index in [-0.39, 0.29) is 11.9 Å². The topological polar surface area (TPSA) is 86.4 Å². The molecule has 1 heterocycles. The van der Waals surface area contributed by atoms with E-state index in [1.807, 2.05) is 43.3 Å². The third-order valence-corrected chi connectivity index (χ3v) is 4.16. The SMILES string of the molecule is CCNC(=O)Nc1cc2cccc(Nc3ccc(C(=O)N(C)C)cc3)c2cn1. The van der Waals surface area contributed by atoms with E-state index in [2.05, 4.69) is 20.9 Å². The predicted molar refractivity (Wildman–Crippen MR) is 112 cm³/mol. The molecule has 2 aromatic carbocycles. The number of hydrogen-bond acceptors (Lipinski definition) is 4. The van der Waals surface area contributed by atoms with Gasteiger partial charge < -0.3 is 15.5 Å². The molecule has 0 atom stereocenters. The van der Waals surface area contributed by atoms with Crippen molar-refractivity contribution in [1.29, 1.82) is 0 Å². The maximum Gasteiger partial charge on any atom is 0.320 e. The summed E-state index contributed by atoms with van der Waals surface area (Å²) in [5.74, 6) is 0.454. The van der Waals surface area contributed by atoms with Gasteiger partial charge in [0.05, 0.1) is 0 Å². The Bertz CT molecular complexity index is 999. The van der Waals surface area contributed by atoms with Crippen LogP contribution in [-0.4, -0.2) is 42.5 Å². The van der Waals surface area contributed by atoms with Crippen LogP contribution >= 0.6 is 0 Å². The highest BCUT2D eigenvalue weighted by atomic mass is 16.2. The van der Waals surface area contributed by atoms with Crippen molar-refractivity contribution in [2.75, 3.05) is 31.3 Å². The minimum absolute atomic E-state index is 0.0342. The highest BCUT2D eigenvalue weighted by Crippen LogP contribution is 2.27. The number of nitrogens with zero attached hydrogens (tertiary/aromatic N) is 2. The first-order valence-corrected chi connectivity index (χ1v) is 9.00. The third-order valence-electron chi connectivity index (χ3n) is 4.16. The molecule has 7 nitrogen and oxygen atoms in total. The van der Waals surface area contributed by atoms with Crippen LogP contribution in [0.5, 0.6) is 0 Å². The lowest BCUT2D eigenvalue weighted by molar-refractivity contribution is 0.0827. The fourth-order valence-corrected chi connectivity index (χ4v) is 2.78. The van der Waals surface area contributed by atoms with Crippen molar-refractivity contribution in [2.24, 2.45) is 0 Å². The lowest BCUT2D eigenvalue weighted by Gasteiger charge is -2.13. The number of amides is 3. The van der Waals surface area contributed by atoms with Gasteiger partial charge in [-0.15, -0.1) is 0 Å². The second-order valence-corrected chi connectivity index (χ2v) is 6.48. The Morgan fingerprint density at radius 1 is 1.07 bits per heavy atom. The lowest BCUT2D eigenvalue weighted by atomic mass is 10.1. The summed E-state index contributed by atoms with van der Waals surface area (Å²) in [6.07, 6.45) is 1.73. The van der Waals surface area contributed by atoms with Crippen LogP contribution in [0.15, 0.2) is 54.7 Å². The van der Waals surface area contributed by atoms with Gasteiger partial charge in [0.25, 0.3) is 5.91 Å². The fraction of sp³-hybridized carbons (Fsp3) is 0.190. The van der Waals surface area contributed by atoms with E-state index in [0.29, 0.717) is 17.9 Å². The minimum atomic E-state index is -0.281. The molecular formula is C21H23N5O2. The summed E-state index contributed by atoms with van der Waals surface area (Å²) in [4.78, 5) is 29.5. The van der Waals surface area contributed by atoms with Crippen molar-refractivity contribution >= 4 is 39.9 Å². The maximum absolute atomic E-state index is 12.0. The van der Waals surface area contributed by atoms with E-state index >= 15 is 0 Å². The summed E-state index contributed by atoms with van der Waals surface area (Å²) in [6, 6.07) is 14.7. The molecule has 3 aromatic rings. The molecule has 3 rings (SSSR count). The smallest absolute Gasteiger partial charge is 0.320 e. The van der Waals surface area contributed by atoms with Crippen LogP contribution in [0.3, 0.4) is 0 Å².